The van der Waals surface area contributed by atoms with E-state index in [1.165, 1.54) is 5.56 Å². The standard InChI is InChI=1S/C19H24O2/c1-18(2,3)21-20-17-14-10-9-13-16(17)19(4,5)15-11-7-6-8-12-15/h6-14H,1-5H3. The molecule has 0 aliphatic heterocycles. The highest BCUT2D eigenvalue weighted by molar-refractivity contribution is 5.45. The van der Waals surface area contributed by atoms with E-state index < -0.39 is 0 Å². The molecule has 0 spiro atoms. The maximum absolute atomic E-state index is 5.61. The van der Waals surface area contributed by atoms with E-state index in [0.29, 0.717) is 0 Å². The summed E-state index contributed by atoms with van der Waals surface area (Å²) in [6, 6.07) is 18.5. The minimum atomic E-state index is -0.343. The normalized spacial score (nSPS) is 12.2. The fourth-order valence-electron chi connectivity index (χ4n) is 2.24. The molecule has 2 nitrogen and oxygen atoms in total. The smallest absolute Gasteiger partial charge is 0.169 e. The van der Waals surface area contributed by atoms with Gasteiger partial charge in [-0.3, -0.25) is 0 Å². The molecule has 21 heavy (non-hydrogen) atoms. The summed E-state index contributed by atoms with van der Waals surface area (Å²) in [4.78, 5) is 11.1. The molecule has 0 bridgehead atoms. The Labute approximate surface area is 127 Å². The molecule has 0 amide bonds. The van der Waals surface area contributed by atoms with Crippen molar-refractivity contribution in [1.82, 2.24) is 0 Å². The molecule has 0 radical (unpaired) electrons. The number of hydrogen-bond acceptors (Lipinski definition) is 2. The first kappa shape index (κ1) is 15.6. The van der Waals surface area contributed by atoms with Gasteiger partial charge in [-0.25, -0.2) is 0 Å². The van der Waals surface area contributed by atoms with Crippen LogP contribution in [0.15, 0.2) is 54.6 Å². The minimum Gasteiger partial charge on any atom is -0.337 e. The summed E-state index contributed by atoms with van der Waals surface area (Å²) >= 11 is 0. The molecule has 0 saturated heterocycles. The van der Waals surface area contributed by atoms with Crippen molar-refractivity contribution in [1.29, 1.82) is 0 Å². The molecule has 0 unspecified atom stereocenters. The summed E-state index contributed by atoms with van der Waals surface area (Å²) in [6.45, 7) is 10.3. The van der Waals surface area contributed by atoms with E-state index >= 15 is 0 Å². The third-order valence-corrected chi connectivity index (χ3v) is 3.44. The summed E-state index contributed by atoms with van der Waals surface area (Å²) in [7, 11) is 0. The number of hydrogen-bond donors (Lipinski definition) is 0. The molecule has 0 fully saturated rings. The highest BCUT2D eigenvalue weighted by Gasteiger charge is 2.27. The Bertz CT molecular complexity index is 580. The van der Waals surface area contributed by atoms with Crippen molar-refractivity contribution in [2.45, 2.75) is 45.6 Å². The van der Waals surface area contributed by atoms with Gasteiger partial charge >= 0.3 is 0 Å². The zero-order valence-corrected chi connectivity index (χ0v) is 13.5. The van der Waals surface area contributed by atoms with Crippen LogP contribution in [-0.2, 0) is 10.3 Å². The predicted octanol–water partition coefficient (Wildman–Crippen LogP) is 5.12. The quantitative estimate of drug-likeness (QED) is 0.573. The Balaban J connectivity index is 2.35. The molecule has 2 rings (SSSR count). The van der Waals surface area contributed by atoms with Gasteiger partial charge in [-0.2, -0.15) is 4.89 Å². The summed E-state index contributed by atoms with van der Waals surface area (Å²) < 4.78 is 0. The van der Waals surface area contributed by atoms with Crippen LogP contribution in [0.1, 0.15) is 45.7 Å². The van der Waals surface area contributed by atoms with Gasteiger partial charge in [0.1, 0.15) is 5.60 Å². The monoisotopic (exact) mass is 284 g/mol. The lowest BCUT2D eigenvalue weighted by Crippen LogP contribution is -2.24. The van der Waals surface area contributed by atoms with E-state index in [1.54, 1.807) is 0 Å². The van der Waals surface area contributed by atoms with Gasteiger partial charge in [0, 0.05) is 11.0 Å². The summed E-state index contributed by atoms with van der Waals surface area (Å²) in [6.07, 6.45) is 0. The van der Waals surface area contributed by atoms with Crippen LogP contribution in [0.2, 0.25) is 0 Å². The molecule has 0 aliphatic rings. The molecule has 0 aromatic heterocycles. The molecule has 2 heteroatoms. The second-order valence-electron chi connectivity index (χ2n) is 6.77. The first-order valence-electron chi connectivity index (χ1n) is 7.31. The van der Waals surface area contributed by atoms with E-state index in [4.69, 9.17) is 9.78 Å². The topological polar surface area (TPSA) is 18.5 Å². The molecule has 0 aliphatic carbocycles. The van der Waals surface area contributed by atoms with Crippen LogP contribution in [0.5, 0.6) is 5.75 Å². The maximum Gasteiger partial charge on any atom is 0.169 e. The fraction of sp³-hybridized carbons (Fsp3) is 0.368. The summed E-state index contributed by atoms with van der Waals surface area (Å²) in [5.74, 6) is 0.765. The number of benzene rings is 2. The first-order valence-corrected chi connectivity index (χ1v) is 7.31. The molecule has 0 N–H and O–H groups in total. The maximum atomic E-state index is 5.61. The highest BCUT2D eigenvalue weighted by Crippen LogP contribution is 2.37. The Kier molecular flexibility index (Phi) is 4.38. The van der Waals surface area contributed by atoms with Crippen LogP contribution >= 0.6 is 0 Å². The largest absolute Gasteiger partial charge is 0.337 e. The van der Waals surface area contributed by atoms with Gasteiger partial charge in [-0.15, -0.1) is 0 Å². The molecule has 2 aromatic carbocycles. The van der Waals surface area contributed by atoms with Crippen molar-refractivity contribution in [3.63, 3.8) is 0 Å². The van der Waals surface area contributed by atoms with Crippen LogP contribution in [0.25, 0.3) is 0 Å². The molecule has 2 aromatic rings. The molecular weight excluding hydrogens is 260 g/mol. The van der Waals surface area contributed by atoms with Crippen LogP contribution in [0.3, 0.4) is 0 Å². The average molecular weight is 284 g/mol. The molecular formula is C19H24O2. The van der Waals surface area contributed by atoms with Crippen LogP contribution < -0.4 is 4.89 Å². The van der Waals surface area contributed by atoms with Gasteiger partial charge in [0.2, 0.25) is 0 Å². The lowest BCUT2D eigenvalue weighted by atomic mass is 9.78. The Morgan fingerprint density at radius 3 is 1.90 bits per heavy atom. The predicted molar refractivity (Wildman–Crippen MR) is 86.5 cm³/mol. The second kappa shape index (κ2) is 5.90. The fourth-order valence-corrected chi connectivity index (χ4v) is 2.24. The highest BCUT2D eigenvalue weighted by atomic mass is 17.2. The zero-order valence-electron chi connectivity index (χ0n) is 13.5. The van der Waals surface area contributed by atoms with Gasteiger partial charge in [-0.1, -0.05) is 62.4 Å². The van der Waals surface area contributed by atoms with E-state index in [2.05, 4.69) is 44.2 Å². The van der Waals surface area contributed by atoms with Crippen molar-refractivity contribution < 1.29 is 9.78 Å². The van der Waals surface area contributed by atoms with Crippen LogP contribution in [0.4, 0.5) is 0 Å². The molecule has 0 saturated carbocycles. The van der Waals surface area contributed by atoms with Gasteiger partial charge in [0.05, 0.1) is 0 Å². The summed E-state index contributed by atoms with van der Waals surface area (Å²) in [5, 5.41) is 0. The Morgan fingerprint density at radius 2 is 1.29 bits per heavy atom. The van der Waals surface area contributed by atoms with Crippen molar-refractivity contribution in [2.75, 3.05) is 0 Å². The minimum absolute atomic E-state index is 0.154. The van der Waals surface area contributed by atoms with Gasteiger partial charge in [0.15, 0.2) is 5.75 Å². The van der Waals surface area contributed by atoms with E-state index in [-0.39, 0.29) is 11.0 Å². The third kappa shape index (κ3) is 3.85. The Hall–Kier alpha value is -1.80. The van der Waals surface area contributed by atoms with Crippen molar-refractivity contribution in [3.8, 4) is 5.75 Å². The zero-order chi connectivity index (χ0) is 15.5. The molecule has 0 heterocycles. The van der Waals surface area contributed by atoms with Crippen LogP contribution in [0, 0.1) is 0 Å². The average Bonchev–Trinajstić information content (AvgIpc) is 2.45. The van der Waals surface area contributed by atoms with E-state index in [9.17, 15) is 0 Å². The Morgan fingerprint density at radius 1 is 0.714 bits per heavy atom. The SMILES string of the molecule is CC(C)(C)OOc1ccccc1C(C)(C)c1ccccc1. The molecule has 112 valence electrons. The van der Waals surface area contributed by atoms with Crippen molar-refractivity contribution in [2.24, 2.45) is 0 Å². The lowest BCUT2D eigenvalue weighted by Gasteiger charge is -2.28. The van der Waals surface area contributed by atoms with Crippen molar-refractivity contribution in [3.05, 3.63) is 65.7 Å². The number of para-hydroxylation sites is 1. The number of rotatable bonds is 4. The van der Waals surface area contributed by atoms with Crippen molar-refractivity contribution >= 4 is 0 Å². The van der Waals surface area contributed by atoms with Gasteiger partial charge in [0.25, 0.3) is 0 Å². The first-order chi connectivity index (χ1) is 9.81. The lowest BCUT2D eigenvalue weighted by molar-refractivity contribution is -0.275. The van der Waals surface area contributed by atoms with Gasteiger partial charge < -0.3 is 4.89 Å². The second-order valence-corrected chi connectivity index (χ2v) is 6.77. The molecule has 0 atom stereocenters. The third-order valence-electron chi connectivity index (χ3n) is 3.44. The summed E-state index contributed by atoms with van der Waals surface area (Å²) in [5.41, 5.74) is 1.86. The van der Waals surface area contributed by atoms with Crippen LogP contribution in [-0.4, -0.2) is 5.60 Å². The van der Waals surface area contributed by atoms with E-state index in [1.807, 2.05) is 45.0 Å². The van der Waals surface area contributed by atoms with Gasteiger partial charge in [-0.05, 0) is 32.4 Å². The van der Waals surface area contributed by atoms with E-state index in [0.717, 1.165) is 11.3 Å².